The van der Waals surface area contributed by atoms with Gasteiger partial charge in [0.05, 0.1) is 18.8 Å². The van der Waals surface area contributed by atoms with Gasteiger partial charge in [-0.25, -0.2) is 0 Å². The number of aromatic nitrogens is 3. The molecule has 1 aromatic heterocycles. The first kappa shape index (κ1) is 8.16. The van der Waals surface area contributed by atoms with E-state index in [0.29, 0.717) is 0 Å². The van der Waals surface area contributed by atoms with E-state index < -0.39 is 6.10 Å². The molecule has 0 fully saturated rings. The van der Waals surface area contributed by atoms with E-state index in [0.717, 1.165) is 0 Å². The van der Waals surface area contributed by atoms with Crippen molar-refractivity contribution in [2.24, 2.45) is 0 Å². The second-order valence-corrected chi connectivity index (χ2v) is 2.40. The first-order chi connectivity index (χ1) is 5.25. The van der Waals surface area contributed by atoms with E-state index >= 15 is 0 Å². The number of hydrogen-bond acceptors (Lipinski definition) is 4. The summed E-state index contributed by atoms with van der Waals surface area (Å²) < 4.78 is 1.57. The predicted octanol–water partition coefficient (Wildman–Crippen LogP) is -0.808. The van der Waals surface area contributed by atoms with Crippen LogP contribution in [0.2, 0.25) is 0 Å². The molecule has 0 spiro atoms. The molecule has 11 heavy (non-hydrogen) atoms. The fourth-order valence-corrected chi connectivity index (χ4v) is 0.876. The van der Waals surface area contributed by atoms with Crippen molar-refractivity contribution in [2.45, 2.75) is 19.1 Å². The molecule has 0 radical (unpaired) electrons. The summed E-state index contributed by atoms with van der Waals surface area (Å²) in [4.78, 5) is 0. The van der Waals surface area contributed by atoms with Gasteiger partial charge in [-0.05, 0) is 6.92 Å². The maximum absolute atomic E-state index is 9.15. The summed E-state index contributed by atoms with van der Waals surface area (Å²) in [7, 11) is 0. The van der Waals surface area contributed by atoms with Gasteiger partial charge in [0.25, 0.3) is 0 Å². The Morgan fingerprint density at radius 2 is 2.00 bits per heavy atom. The molecule has 0 saturated heterocycles. The third-order valence-electron chi connectivity index (χ3n) is 1.56. The van der Waals surface area contributed by atoms with Crippen LogP contribution in [-0.4, -0.2) is 37.7 Å². The Bertz CT molecular complexity index is 198. The quantitative estimate of drug-likeness (QED) is 0.602. The molecule has 0 aliphatic carbocycles. The van der Waals surface area contributed by atoms with Crippen molar-refractivity contribution in [2.75, 3.05) is 6.61 Å². The van der Waals surface area contributed by atoms with E-state index in [1.165, 1.54) is 12.7 Å². The molecule has 5 nitrogen and oxygen atoms in total. The molecule has 0 aliphatic heterocycles. The highest BCUT2D eigenvalue weighted by Crippen LogP contribution is 2.08. The molecule has 1 heterocycles. The Balaban J connectivity index is 2.71. The number of nitrogens with zero attached hydrogens (tertiary/aromatic N) is 3. The minimum Gasteiger partial charge on any atom is -0.394 e. The van der Waals surface area contributed by atoms with Crippen LogP contribution >= 0.6 is 0 Å². The van der Waals surface area contributed by atoms with Gasteiger partial charge in [0.2, 0.25) is 0 Å². The zero-order valence-corrected chi connectivity index (χ0v) is 6.25. The lowest BCUT2D eigenvalue weighted by molar-refractivity contribution is 0.0865. The third kappa shape index (κ3) is 1.75. The van der Waals surface area contributed by atoms with Crippen LogP contribution in [0, 0.1) is 0 Å². The van der Waals surface area contributed by atoms with Crippen LogP contribution < -0.4 is 0 Å². The zero-order chi connectivity index (χ0) is 8.27. The SMILES string of the molecule is C[C@@H](O)[C@@H](CO)n1cnnc1. The van der Waals surface area contributed by atoms with Gasteiger partial charge in [-0.1, -0.05) is 0 Å². The molecule has 0 amide bonds. The van der Waals surface area contributed by atoms with Crippen LogP contribution in [0.4, 0.5) is 0 Å². The Kier molecular flexibility index (Phi) is 2.56. The van der Waals surface area contributed by atoms with Gasteiger partial charge < -0.3 is 14.8 Å². The van der Waals surface area contributed by atoms with Crippen molar-refractivity contribution in [1.29, 1.82) is 0 Å². The summed E-state index contributed by atoms with van der Waals surface area (Å²) in [5.74, 6) is 0. The third-order valence-corrected chi connectivity index (χ3v) is 1.56. The minimum atomic E-state index is -0.601. The maximum Gasteiger partial charge on any atom is 0.119 e. The van der Waals surface area contributed by atoms with Crippen LogP contribution in [0.25, 0.3) is 0 Å². The van der Waals surface area contributed by atoms with Gasteiger partial charge in [0, 0.05) is 0 Å². The number of rotatable bonds is 3. The molecule has 0 aromatic carbocycles. The van der Waals surface area contributed by atoms with Crippen LogP contribution in [0.5, 0.6) is 0 Å². The van der Waals surface area contributed by atoms with Crippen molar-refractivity contribution >= 4 is 0 Å². The van der Waals surface area contributed by atoms with Gasteiger partial charge in [-0.3, -0.25) is 0 Å². The van der Waals surface area contributed by atoms with Crippen LogP contribution in [0.15, 0.2) is 12.7 Å². The number of hydrogen-bond donors (Lipinski definition) is 2. The lowest BCUT2D eigenvalue weighted by Crippen LogP contribution is -2.23. The monoisotopic (exact) mass is 157 g/mol. The molecule has 2 atom stereocenters. The molecule has 1 aromatic rings. The second-order valence-electron chi connectivity index (χ2n) is 2.40. The molecule has 5 heteroatoms. The number of aliphatic hydroxyl groups excluding tert-OH is 2. The van der Waals surface area contributed by atoms with Gasteiger partial charge in [0.1, 0.15) is 12.7 Å². The average molecular weight is 157 g/mol. The first-order valence-electron chi connectivity index (χ1n) is 3.38. The van der Waals surface area contributed by atoms with E-state index in [-0.39, 0.29) is 12.6 Å². The van der Waals surface area contributed by atoms with E-state index in [2.05, 4.69) is 10.2 Å². The second kappa shape index (κ2) is 3.45. The summed E-state index contributed by atoms with van der Waals surface area (Å²) in [6.07, 6.45) is 2.33. The van der Waals surface area contributed by atoms with Gasteiger partial charge in [-0.15, -0.1) is 10.2 Å². The van der Waals surface area contributed by atoms with Crippen molar-refractivity contribution in [1.82, 2.24) is 14.8 Å². The fourth-order valence-electron chi connectivity index (χ4n) is 0.876. The Morgan fingerprint density at radius 1 is 1.45 bits per heavy atom. The van der Waals surface area contributed by atoms with E-state index in [1.54, 1.807) is 11.5 Å². The van der Waals surface area contributed by atoms with Crippen molar-refractivity contribution < 1.29 is 10.2 Å². The summed E-state index contributed by atoms with van der Waals surface area (Å²) in [6.45, 7) is 1.50. The molecular weight excluding hydrogens is 146 g/mol. The number of aliphatic hydroxyl groups is 2. The van der Waals surface area contributed by atoms with E-state index in [9.17, 15) is 0 Å². The molecule has 1 rings (SSSR count). The Morgan fingerprint density at radius 3 is 2.36 bits per heavy atom. The Hall–Kier alpha value is -0.940. The molecule has 0 saturated carbocycles. The molecule has 0 unspecified atom stereocenters. The van der Waals surface area contributed by atoms with Crippen molar-refractivity contribution in [3.63, 3.8) is 0 Å². The average Bonchev–Trinajstić information content (AvgIpc) is 2.40. The van der Waals surface area contributed by atoms with Gasteiger partial charge in [-0.2, -0.15) is 0 Å². The Labute approximate surface area is 64.3 Å². The van der Waals surface area contributed by atoms with Crippen LogP contribution in [0.3, 0.4) is 0 Å². The fraction of sp³-hybridized carbons (Fsp3) is 0.667. The van der Waals surface area contributed by atoms with Crippen LogP contribution in [0.1, 0.15) is 13.0 Å². The van der Waals surface area contributed by atoms with Crippen molar-refractivity contribution in [3.05, 3.63) is 12.7 Å². The largest absolute Gasteiger partial charge is 0.394 e. The maximum atomic E-state index is 9.15. The summed E-state index contributed by atoms with van der Waals surface area (Å²) in [5.41, 5.74) is 0. The lowest BCUT2D eigenvalue weighted by atomic mass is 10.2. The van der Waals surface area contributed by atoms with E-state index in [4.69, 9.17) is 10.2 Å². The highest BCUT2D eigenvalue weighted by Gasteiger charge is 2.14. The molecular formula is C6H11N3O2. The first-order valence-corrected chi connectivity index (χ1v) is 3.38. The molecule has 2 N–H and O–H groups in total. The lowest BCUT2D eigenvalue weighted by Gasteiger charge is -2.17. The summed E-state index contributed by atoms with van der Waals surface area (Å²) in [5, 5.41) is 25.1. The highest BCUT2D eigenvalue weighted by molar-refractivity contribution is 4.75. The molecule has 0 bridgehead atoms. The van der Waals surface area contributed by atoms with Gasteiger partial charge >= 0.3 is 0 Å². The van der Waals surface area contributed by atoms with Crippen LogP contribution in [-0.2, 0) is 0 Å². The van der Waals surface area contributed by atoms with Crippen molar-refractivity contribution in [3.8, 4) is 0 Å². The predicted molar refractivity (Wildman–Crippen MR) is 37.8 cm³/mol. The standard InChI is InChI=1S/C6H11N3O2/c1-5(11)6(2-10)9-3-7-8-4-9/h3-6,10-11H,2H2,1H3/t5-,6-/m1/s1. The zero-order valence-electron chi connectivity index (χ0n) is 6.25. The molecule has 0 aliphatic rings. The van der Waals surface area contributed by atoms with Gasteiger partial charge in [0.15, 0.2) is 0 Å². The summed E-state index contributed by atoms with van der Waals surface area (Å²) in [6, 6.07) is -0.343. The van der Waals surface area contributed by atoms with E-state index in [1.807, 2.05) is 0 Å². The normalized spacial score (nSPS) is 16.3. The smallest absolute Gasteiger partial charge is 0.119 e. The highest BCUT2D eigenvalue weighted by atomic mass is 16.3. The minimum absolute atomic E-state index is 0.115. The molecule has 62 valence electrons. The summed E-state index contributed by atoms with van der Waals surface area (Å²) >= 11 is 0. The topological polar surface area (TPSA) is 71.2 Å².